The van der Waals surface area contributed by atoms with Crippen molar-refractivity contribution in [2.24, 2.45) is 0 Å². The molecule has 1 N–H and O–H groups in total. The van der Waals surface area contributed by atoms with Crippen LogP contribution in [0.3, 0.4) is 0 Å². The average molecular weight is 488 g/mol. The molecule has 0 fully saturated rings. The molecule has 4 rings (SSSR count). The lowest BCUT2D eigenvalue weighted by Gasteiger charge is -2.09. The lowest BCUT2D eigenvalue weighted by atomic mass is 10.2. The molecule has 30 heavy (non-hydrogen) atoms. The fourth-order valence-corrected chi connectivity index (χ4v) is 4.59. The molecule has 0 spiro atoms. The van der Waals surface area contributed by atoms with Gasteiger partial charge in [-0.1, -0.05) is 22.9 Å². The highest BCUT2D eigenvalue weighted by Crippen LogP contribution is 2.22. The van der Waals surface area contributed by atoms with Gasteiger partial charge in [-0.05, 0) is 55.0 Å². The first-order valence-electron chi connectivity index (χ1n) is 9.89. The van der Waals surface area contributed by atoms with Crippen molar-refractivity contribution < 1.29 is 4.79 Å². The molecule has 0 saturated heterocycles. The lowest BCUT2D eigenvalue weighted by Crippen LogP contribution is -2.22. The smallest absolute Gasteiger partial charge is 0.272 e. The highest BCUT2D eigenvalue weighted by Gasteiger charge is 2.17. The van der Waals surface area contributed by atoms with Gasteiger partial charge in [0.15, 0.2) is 0 Å². The zero-order valence-corrected chi connectivity index (χ0v) is 19.2. The molecule has 0 saturated carbocycles. The summed E-state index contributed by atoms with van der Waals surface area (Å²) in [6.45, 7) is 4.62. The summed E-state index contributed by atoms with van der Waals surface area (Å²) in [5, 5.41) is 13.5. The van der Waals surface area contributed by atoms with Gasteiger partial charge in [-0.2, -0.15) is 0 Å². The quantitative estimate of drug-likeness (QED) is 0.414. The van der Waals surface area contributed by atoms with Gasteiger partial charge in [-0.3, -0.25) is 18.6 Å². The molecule has 1 amide bonds. The Morgan fingerprint density at radius 3 is 2.87 bits per heavy atom. The number of hydrogen-bond donors (Lipinski definition) is 1. The number of aryl methyl sites for hydroxylation is 3. The summed E-state index contributed by atoms with van der Waals surface area (Å²) in [6, 6.07) is 7.67. The van der Waals surface area contributed by atoms with E-state index in [4.69, 9.17) is 0 Å². The monoisotopic (exact) mass is 487 g/mol. The van der Waals surface area contributed by atoms with Gasteiger partial charge in [0.1, 0.15) is 10.5 Å². The highest BCUT2D eigenvalue weighted by molar-refractivity contribution is 9.10. The van der Waals surface area contributed by atoms with E-state index in [1.165, 1.54) is 11.3 Å². The first-order chi connectivity index (χ1) is 14.5. The molecule has 9 heteroatoms. The Morgan fingerprint density at radius 1 is 1.27 bits per heavy atom. The second-order valence-electron chi connectivity index (χ2n) is 7.21. The topological polar surface area (TPSA) is 81.3 Å². The van der Waals surface area contributed by atoms with Crippen LogP contribution in [0.4, 0.5) is 5.69 Å². The number of aromatic nitrogens is 4. The molecule has 0 atom stereocenters. The number of hydrogen-bond acceptors (Lipinski definition) is 5. The number of halogens is 1. The summed E-state index contributed by atoms with van der Waals surface area (Å²) >= 11 is 4.90. The zero-order chi connectivity index (χ0) is 21.3. The predicted molar refractivity (Wildman–Crippen MR) is 123 cm³/mol. The van der Waals surface area contributed by atoms with Crippen molar-refractivity contribution in [1.82, 2.24) is 19.2 Å². The van der Waals surface area contributed by atoms with Crippen LogP contribution in [0.2, 0.25) is 0 Å². The average Bonchev–Trinajstić information content (AvgIpc) is 3.35. The molecule has 0 aliphatic heterocycles. The second-order valence-corrected chi connectivity index (χ2v) is 8.98. The van der Waals surface area contributed by atoms with E-state index in [9.17, 15) is 9.59 Å². The summed E-state index contributed by atoms with van der Waals surface area (Å²) in [6.07, 6.45) is 2.46. The van der Waals surface area contributed by atoms with Gasteiger partial charge in [0.2, 0.25) is 11.7 Å². The summed E-state index contributed by atoms with van der Waals surface area (Å²) in [7, 11) is 0. The van der Waals surface area contributed by atoms with Gasteiger partial charge in [0.05, 0.1) is 5.52 Å². The van der Waals surface area contributed by atoms with Crippen LogP contribution in [0.5, 0.6) is 0 Å². The van der Waals surface area contributed by atoms with Crippen LogP contribution in [-0.2, 0) is 17.8 Å². The summed E-state index contributed by atoms with van der Waals surface area (Å²) < 4.78 is 5.37. The highest BCUT2D eigenvalue weighted by atomic mass is 79.9. The van der Waals surface area contributed by atoms with Crippen molar-refractivity contribution in [2.75, 3.05) is 5.32 Å². The summed E-state index contributed by atoms with van der Waals surface area (Å²) in [5.41, 5.74) is 2.68. The molecule has 0 aliphatic carbocycles. The Labute approximate surface area is 185 Å². The first kappa shape index (κ1) is 20.7. The zero-order valence-electron chi connectivity index (χ0n) is 16.8. The van der Waals surface area contributed by atoms with Crippen LogP contribution in [0.25, 0.3) is 16.0 Å². The van der Waals surface area contributed by atoms with Crippen LogP contribution in [-0.4, -0.2) is 25.1 Å². The van der Waals surface area contributed by atoms with Crippen LogP contribution < -0.4 is 10.9 Å². The Kier molecular flexibility index (Phi) is 6.01. The summed E-state index contributed by atoms with van der Waals surface area (Å²) in [5.74, 6) is 1.30. The van der Waals surface area contributed by atoms with Crippen molar-refractivity contribution in [3.05, 3.63) is 55.9 Å². The van der Waals surface area contributed by atoms with Crippen molar-refractivity contribution in [3.8, 4) is 0 Å². The van der Waals surface area contributed by atoms with Crippen LogP contribution in [0, 0.1) is 6.92 Å². The van der Waals surface area contributed by atoms with Gasteiger partial charge >= 0.3 is 0 Å². The van der Waals surface area contributed by atoms with Gasteiger partial charge in [0.25, 0.3) is 5.56 Å². The van der Waals surface area contributed by atoms with E-state index in [1.54, 1.807) is 4.57 Å². The van der Waals surface area contributed by atoms with E-state index in [0.717, 1.165) is 33.5 Å². The van der Waals surface area contributed by atoms with Gasteiger partial charge in [-0.15, -0.1) is 21.5 Å². The maximum Gasteiger partial charge on any atom is 0.272 e. The van der Waals surface area contributed by atoms with Crippen LogP contribution in [0.15, 0.2) is 38.9 Å². The molecule has 3 aromatic heterocycles. The first-order valence-corrected chi connectivity index (χ1v) is 11.6. The van der Waals surface area contributed by atoms with Crippen molar-refractivity contribution in [2.45, 2.75) is 46.1 Å². The normalized spacial score (nSPS) is 11.4. The fraction of sp³-hybridized carbons (Fsp3) is 0.333. The Bertz CT molecular complexity index is 1290. The number of nitrogens with zero attached hydrogens (tertiary/aromatic N) is 4. The molecule has 7 nitrogen and oxygen atoms in total. The Balaban J connectivity index is 1.51. The number of anilines is 1. The maximum atomic E-state index is 12.8. The minimum Gasteiger partial charge on any atom is -0.326 e. The minimum atomic E-state index is -0.0332. The SMILES string of the molecule is CCCn1c(=O)c2sccc2n2c(CCCC(=O)Nc3ccc(Br)c(C)c3)nnc12. The predicted octanol–water partition coefficient (Wildman–Crippen LogP) is 4.55. The van der Waals surface area contributed by atoms with Crippen molar-refractivity contribution in [3.63, 3.8) is 0 Å². The largest absolute Gasteiger partial charge is 0.326 e. The lowest BCUT2D eigenvalue weighted by molar-refractivity contribution is -0.116. The number of carbonyl (C=O) groups excluding carboxylic acids is 1. The third-order valence-electron chi connectivity index (χ3n) is 4.97. The molecule has 0 aliphatic rings. The minimum absolute atomic E-state index is 0.0162. The molecule has 0 unspecified atom stereocenters. The molecule has 156 valence electrons. The number of rotatable bonds is 7. The standard InChI is InChI=1S/C21H22BrN5O2S/c1-3-10-26-20(29)19-16(9-11-30-19)27-17(24-25-21(26)27)5-4-6-18(28)23-14-7-8-15(22)13(2)12-14/h7-9,11-12H,3-6,10H2,1-2H3,(H,23,28). The number of benzene rings is 1. The van der Waals surface area contributed by atoms with Gasteiger partial charge in [0, 0.05) is 29.5 Å². The fourth-order valence-electron chi connectivity index (χ4n) is 3.52. The third kappa shape index (κ3) is 3.91. The molecule has 0 radical (unpaired) electrons. The van der Waals surface area contributed by atoms with E-state index < -0.39 is 0 Å². The van der Waals surface area contributed by atoms with E-state index >= 15 is 0 Å². The van der Waals surface area contributed by atoms with E-state index in [0.29, 0.717) is 36.3 Å². The maximum absolute atomic E-state index is 12.8. The van der Waals surface area contributed by atoms with E-state index in [1.807, 2.05) is 47.9 Å². The number of thiophene rings is 1. The van der Waals surface area contributed by atoms with Crippen LogP contribution in [0.1, 0.15) is 37.6 Å². The number of amides is 1. The molecular formula is C21H22BrN5O2S. The molecule has 3 heterocycles. The van der Waals surface area contributed by atoms with Gasteiger partial charge < -0.3 is 5.32 Å². The van der Waals surface area contributed by atoms with Crippen molar-refractivity contribution >= 4 is 54.9 Å². The van der Waals surface area contributed by atoms with Crippen LogP contribution >= 0.6 is 27.3 Å². The number of nitrogens with one attached hydrogen (secondary N) is 1. The molecular weight excluding hydrogens is 466 g/mol. The number of carbonyl (C=O) groups is 1. The Morgan fingerprint density at radius 2 is 2.10 bits per heavy atom. The third-order valence-corrected chi connectivity index (χ3v) is 6.75. The Hall–Kier alpha value is -2.52. The molecule has 1 aromatic carbocycles. The number of fused-ring (bicyclic) bond motifs is 3. The van der Waals surface area contributed by atoms with Crippen molar-refractivity contribution in [1.29, 1.82) is 0 Å². The molecule has 4 aromatic rings. The van der Waals surface area contributed by atoms with E-state index in [-0.39, 0.29) is 11.5 Å². The summed E-state index contributed by atoms with van der Waals surface area (Å²) in [4.78, 5) is 25.1. The van der Waals surface area contributed by atoms with Gasteiger partial charge in [-0.25, -0.2) is 0 Å². The van der Waals surface area contributed by atoms with E-state index in [2.05, 4.69) is 31.4 Å². The second kappa shape index (κ2) is 8.69. The molecule has 0 bridgehead atoms.